The van der Waals surface area contributed by atoms with Crippen molar-refractivity contribution >= 4 is 23.2 Å². The molecule has 0 radical (unpaired) electrons. The van der Waals surface area contributed by atoms with Gasteiger partial charge in [0.1, 0.15) is 5.82 Å². The number of carbonyl (C=O) groups is 2. The highest BCUT2D eigenvalue weighted by Crippen LogP contribution is 2.34. The highest BCUT2D eigenvalue weighted by molar-refractivity contribution is 6.02. The molecule has 3 aliphatic rings. The van der Waals surface area contributed by atoms with Crippen molar-refractivity contribution in [2.45, 2.75) is 31.7 Å². The Morgan fingerprint density at radius 3 is 2.47 bits per heavy atom. The standard InChI is InChI=1S/C25H29FN4O2/c26-19-7-5-17(6-8-19)23-16-27-11-14-30(23)25(32)21-10-9-20(28-24(31)18-3-4-18)15-22(21)29-12-1-2-13-29/h5-10,15,18,23,27H,1-4,11-14,16H2,(H,28,31). The highest BCUT2D eigenvalue weighted by Gasteiger charge is 2.32. The first-order valence-corrected chi connectivity index (χ1v) is 11.6. The van der Waals surface area contributed by atoms with Crippen LogP contribution in [0.25, 0.3) is 0 Å². The molecule has 0 spiro atoms. The number of hydrogen-bond donors (Lipinski definition) is 2. The van der Waals surface area contributed by atoms with Gasteiger partial charge in [0, 0.05) is 44.3 Å². The van der Waals surface area contributed by atoms with Gasteiger partial charge in [0.25, 0.3) is 5.91 Å². The quantitative estimate of drug-likeness (QED) is 0.752. The van der Waals surface area contributed by atoms with Crippen molar-refractivity contribution in [3.05, 3.63) is 59.4 Å². The number of piperazine rings is 1. The maximum atomic E-state index is 13.8. The number of anilines is 2. The fourth-order valence-corrected chi connectivity index (χ4v) is 4.68. The Morgan fingerprint density at radius 1 is 1.00 bits per heavy atom. The molecule has 5 rings (SSSR count). The molecule has 2 saturated heterocycles. The summed E-state index contributed by atoms with van der Waals surface area (Å²) in [5.41, 5.74) is 3.21. The van der Waals surface area contributed by atoms with Crippen LogP contribution < -0.4 is 15.5 Å². The number of halogens is 1. The maximum Gasteiger partial charge on any atom is 0.256 e. The molecule has 6 nitrogen and oxygen atoms in total. The predicted molar refractivity (Wildman–Crippen MR) is 122 cm³/mol. The number of nitrogens with one attached hydrogen (secondary N) is 2. The van der Waals surface area contributed by atoms with E-state index in [9.17, 15) is 14.0 Å². The molecule has 1 aliphatic carbocycles. The van der Waals surface area contributed by atoms with Gasteiger partial charge in [-0.15, -0.1) is 0 Å². The van der Waals surface area contributed by atoms with Crippen LogP contribution in [0, 0.1) is 11.7 Å². The highest BCUT2D eigenvalue weighted by atomic mass is 19.1. The molecule has 2 N–H and O–H groups in total. The molecule has 7 heteroatoms. The van der Waals surface area contributed by atoms with E-state index in [4.69, 9.17) is 0 Å². The molecule has 1 unspecified atom stereocenters. The summed E-state index contributed by atoms with van der Waals surface area (Å²) in [5, 5.41) is 6.37. The molecule has 0 aromatic heterocycles. The fraction of sp³-hybridized carbons (Fsp3) is 0.440. The van der Waals surface area contributed by atoms with Crippen molar-refractivity contribution in [2.75, 3.05) is 42.9 Å². The van der Waals surface area contributed by atoms with E-state index in [1.54, 1.807) is 12.1 Å². The summed E-state index contributed by atoms with van der Waals surface area (Å²) in [6, 6.07) is 11.9. The average molecular weight is 437 g/mol. The van der Waals surface area contributed by atoms with Crippen LogP contribution in [0.3, 0.4) is 0 Å². The van der Waals surface area contributed by atoms with Gasteiger partial charge in [-0.3, -0.25) is 9.59 Å². The van der Waals surface area contributed by atoms with Crippen molar-refractivity contribution in [1.29, 1.82) is 0 Å². The van der Waals surface area contributed by atoms with Gasteiger partial charge in [-0.2, -0.15) is 0 Å². The first-order chi connectivity index (χ1) is 15.6. The van der Waals surface area contributed by atoms with Crippen LogP contribution in [0.5, 0.6) is 0 Å². The van der Waals surface area contributed by atoms with E-state index in [1.807, 2.05) is 23.1 Å². The Balaban J connectivity index is 1.45. The summed E-state index contributed by atoms with van der Waals surface area (Å²) in [6.45, 7) is 3.75. The van der Waals surface area contributed by atoms with Gasteiger partial charge < -0.3 is 20.4 Å². The Morgan fingerprint density at radius 2 is 1.75 bits per heavy atom. The zero-order chi connectivity index (χ0) is 22.1. The maximum absolute atomic E-state index is 13.8. The van der Waals surface area contributed by atoms with Crippen molar-refractivity contribution in [3.8, 4) is 0 Å². The number of carbonyl (C=O) groups excluding carboxylic acids is 2. The second kappa shape index (κ2) is 8.90. The first kappa shape index (κ1) is 20.9. The summed E-state index contributed by atoms with van der Waals surface area (Å²) >= 11 is 0. The van der Waals surface area contributed by atoms with Gasteiger partial charge in [-0.1, -0.05) is 12.1 Å². The summed E-state index contributed by atoms with van der Waals surface area (Å²) < 4.78 is 13.5. The number of nitrogens with zero attached hydrogens (tertiary/aromatic N) is 2. The summed E-state index contributed by atoms with van der Waals surface area (Å²) in [6.07, 6.45) is 4.10. The molecule has 3 fully saturated rings. The third-order valence-corrected chi connectivity index (χ3v) is 6.65. The van der Waals surface area contributed by atoms with Crippen LogP contribution in [0.1, 0.15) is 47.6 Å². The summed E-state index contributed by atoms with van der Waals surface area (Å²) in [5.74, 6) is -0.114. The number of amides is 2. The summed E-state index contributed by atoms with van der Waals surface area (Å²) in [7, 11) is 0. The molecule has 168 valence electrons. The Bertz CT molecular complexity index is 1000. The van der Waals surface area contributed by atoms with Crippen molar-refractivity contribution in [3.63, 3.8) is 0 Å². The minimum Gasteiger partial charge on any atom is -0.371 e. The van der Waals surface area contributed by atoms with Crippen molar-refractivity contribution in [1.82, 2.24) is 10.2 Å². The zero-order valence-corrected chi connectivity index (χ0v) is 18.1. The van der Waals surface area contributed by atoms with Crippen LogP contribution in [0.4, 0.5) is 15.8 Å². The number of hydrogen-bond acceptors (Lipinski definition) is 4. The van der Waals surface area contributed by atoms with Crippen LogP contribution in [-0.2, 0) is 4.79 Å². The molecule has 2 amide bonds. The third-order valence-electron chi connectivity index (χ3n) is 6.65. The van der Waals surface area contributed by atoms with E-state index in [0.717, 1.165) is 62.3 Å². The fourth-order valence-electron chi connectivity index (χ4n) is 4.68. The minimum atomic E-state index is -0.282. The van der Waals surface area contributed by atoms with Crippen LogP contribution in [-0.4, -0.2) is 49.4 Å². The van der Waals surface area contributed by atoms with E-state index in [-0.39, 0.29) is 29.6 Å². The Kier molecular flexibility index (Phi) is 5.83. The van der Waals surface area contributed by atoms with Gasteiger partial charge in [-0.05, 0) is 61.6 Å². The SMILES string of the molecule is O=C(Nc1ccc(C(=O)N2CCNCC2c2ccc(F)cc2)c(N2CCCC2)c1)C1CC1. The molecule has 0 bridgehead atoms. The normalized spacial score (nSPS) is 21.0. The van der Waals surface area contributed by atoms with Gasteiger partial charge in [-0.25, -0.2) is 4.39 Å². The lowest BCUT2D eigenvalue weighted by Gasteiger charge is -2.37. The number of rotatable bonds is 5. The molecule has 2 heterocycles. The van der Waals surface area contributed by atoms with Gasteiger partial charge >= 0.3 is 0 Å². The third kappa shape index (κ3) is 4.35. The van der Waals surface area contributed by atoms with Gasteiger partial charge in [0.05, 0.1) is 17.3 Å². The minimum absolute atomic E-state index is 0.0252. The van der Waals surface area contributed by atoms with E-state index in [2.05, 4.69) is 15.5 Å². The topological polar surface area (TPSA) is 64.7 Å². The molecule has 32 heavy (non-hydrogen) atoms. The second-order valence-corrected chi connectivity index (χ2v) is 8.96. The molecule has 1 saturated carbocycles. The number of benzene rings is 2. The smallest absolute Gasteiger partial charge is 0.256 e. The Labute approximate surface area is 187 Å². The second-order valence-electron chi connectivity index (χ2n) is 8.96. The van der Waals surface area contributed by atoms with Gasteiger partial charge in [0.15, 0.2) is 0 Å². The van der Waals surface area contributed by atoms with E-state index in [1.165, 1.54) is 12.1 Å². The zero-order valence-electron chi connectivity index (χ0n) is 18.1. The summed E-state index contributed by atoms with van der Waals surface area (Å²) in [4.78, 5) is 30.2. The largest absolute Gasteiger partial charge is 0.371 e. The predicted octanol–water partition coefficient (Wildman–Crippen LogP) is 3.56. The molecular formula is C25H29FN4O2. The van der Waals surface area contributed by atoms with Crippen molar-refractivity contribution < 1.29 is 14.0 Å². The van der Waals surface area contributed by atoms with Crippen molar-refractivity contribution in [2.24, 2.45) is 5.92 Å². The monoisotopic (exact) mass is 436 g/mol. The molecule has 2 aromatic carbocycles. The van der Waals surface area contributed by atoms with E-state index >= 15 is 0 Å². The molecule has 2 aliphatic heterocycles. The lowest BCUT2D eigenvalue weighted by molar-refractivity contribution is -0.117. The van der Waals surface area contributed by atoms with E-state index < -0.39 is 0 Å². The van der Waals surface area contributed by atoms with Crippen LogP contribution >= 0.6 is 0 Å². The average Bonchev–Trinajstić information content (AvgIpc) is 3.53. The first-order valence-electron chi connectivity index (χ1n) is 11.6. The van der Waals surface area contributed by atoms with E-state index in [0.29, 0.717) is 18.7 Å². The van der Waals surface area contributed by atoms with Crippen LogP contribution in [0.15, 0.2) is 42.5 Å². The Hall–Kier alpha value is -2.93. The van der Waals surface area contributed by atoms with Crippen LogP contribution in [0.2, 0.25) is 0 Å². The molecule has 2 aromatic rings. The lowest BCUT2D eigenvalue weighted by Crippen LogP contribution is -2.49. The van der Waals surface area contributed by atoms with Gasteiger partial charge in [0.2, 0.25) is 5.91 Å². The molecule has 1 atom stereocenters. The molecular weight excluding hydrogens is 407 g/mol. The lowest BCUT2D eigenvalue weighted by atomic mass is 10.0.